The van der Waals surface area contributed by atoms with Crippen LogP contribution in [0.4, 0.5) is 18.9 Å². The van der Waals surface area contributed by atoms with Crippen LogP contribution in [-0.2, 0) is 23.7 Å². The molecule has 3 aromatic rings. The molecule has 0 radical (unpaired) electrons. The summed E-state index contributed by atoms with van der Waals surface area (Å²) >= 11 is 0. The van der Waals surface area contributed by atoms with Crippen LogP contribution in [0.2, 0.25) is 0 Å². The number of aromatic nitrogens is 2. The average molecular weight is 411 g/mol. The molecule has 2 aromatic carbocycles. The van der Waals surface area contributed by atoms with E-state index in [0.29, 0.717) is 0 Å². The Morgan fingerprint density at radius 3 is 2.54 bits per heavy atom. The fourth-order valence-corrected chi connectivity index (χ4v) is 3.52. The van der Waals surface area contributed by atoms with E-state index in [0.717, 1.165) is 28.6 Å². The summed E-state index contributed by atoms with van der Waals surface area (Å²) in [6.07, 6.45) is -1.86. The maximum absolute atomic E-state index is 14.3. The van der Waals surface area contributed by atoms with Gasteiger partial charge in [-0.15, -0.1) is 0 Å². The summed E-state index contributed by atoms with van der Waals surface area (Å²) in [5, 5.41) is 3.52. The topological polar surface area (TPSA) is 73.2 Å². The van der Waals surface area contributed by atoms with Crippen LogP contribution in [0.25, 0.3) is 0 Å². The number of hydrogen-bond acceptors (Lipinski definition) is 4. The Balaban J connectivity index is 1.78. The molecule has 0 aliphatic carbocycles. The summed E-state index contributed by atoms with van der Waals surface area (Å²) in [6.45, 7) is 0.107. The highest BCUT2D eigenvalue weighted by Gasteiger charge is 2.23. The van der Waals surface area contributed by atoms with Crippen molar-refractivity contribution in [2.45, 2.75) is 17.9 Å². The van der Waals surface area contributed by atoms with Crippen LogP contribution in [0.3, 0.4) is 0 Å². The van der Waals surface area contributed by atoms with E-state index in [1.807, 2.05) is 22.9 Å². The summed E-state index contributed by atoms with van der Waals surface area (Å²) in [6, 6.07) is 12.1. The molecule has 0 saturated heterocycles. The summed E-state index contributed by atoms with van der Waals surface area (Å²) in [4.78, 5) is -0.430. The average Bonchev–Trinajstić information content (AvgIpc) is 3.01. The molecule has 3 rings (SSSR count). The molecule has 0 unspecified atom stereocenters. The smallest absolute Gasteiger partial charge is 0.284 e. The minimum absolute atomic E-state index is 0.107. The third kappa shape index (κ3) is 4.45. The summed E-state index contributed by atoms with van der Waals surface area (Å²) in [7, 11) is -2.92. The minimum atomic E-state index is -4.29. The molecule has 0 amide bonds. The van der Waals surface area contributed by atoms with Gasteiger partial charge in [0.2, 0.25) is 0 Å². The van der Waals surface area contributed by atoms with E-state index in [4.69, 9.17) is 4.74 Å². The highest BCUT2D eigenvalue weighted by molar-refractivity contribution is 7.92. The molecule has 0 saturated carbocycles. The molecule has 148 valence electrons. The second-order valence-corrected chi connectivity index (χ2v) is 7.56. The summed E-state index contributed by atoms with van der Waals surface area (Å²) in [5.41, 5.74) is -0.270. The first-order valence-corrected chi connectivity index (χ1v) is 9.55. The number of halogens is 3. The fourth-order valence-electron chi connectivity index (χ4n) is 2.45. The molecule has 0 bridgehead atoms. The lowest BCUT2D eigenvalue weighted by Crippen LogP contribution is -2.14. The lowest BCUT2D eigenvalue weighted by molar-refractivity contribution is 0.146. The third-order valence-corrected chi connectivity index (χ3v) is 5.12. The van der Waals surface area contributed by atoms with Crippen molar-refractivity contribution in [2.24, 2.45) is 7.05 Å². The Morgan fingerprint density at radius 1 is 1.18 bits per heavy atom. The van der Waals surface area contributed by atoms with Gasteiger partial charge in [-0.2, -0.15) is 5.10 Å². The maximum Gasteiger partial charge on any atom is 0.284 e. The van der Waals surface area contributed by atoms with Gasteiger partial charge in [-0.25, -0.2) is 21.6 Å². The van der Waals surface area contributed by atoms with E-state index in [-0.39, 0.29) is 18.0 Å². The van der Waals surface area contributed by atoms with Gasteiger partial charge in [0.1, 0.15) is 6.61 Å². The van der Waals surface area contributed by atoms with E-state index in [2.05, 4.69) is 5.10 Å². The lowest BCUT2D eigenvalue weighted by Gasteiger charge is -2.11. The number of aryl methyl sites for hydroxylation is 1. The minimum Gasteiger partial charge on any atom is -0.486 e. The Bertz CT molecular complexity index is 1070. The van der Waals surface area contributed by atoms with Gasteiger partial charge in [0.25, 0.3) is 16.4 Å². The van der Waals surface area contributed by atoms with Crippen molar-refractivity contribution in [3.8, 4) is 5.75 Å². The first-order valence-electron chi connectivity index (χ1n) is 8.07. The number of benzene rings is 2. The van der Waals surface area contributed by atoms with Crippen molar-refractivity contribution in [3.05, 3.63) is 71.8 Å². The van der Waals surface area contributed by atoms with Gasteiger partial charge in [0.15, 0.2) is 17.3 Å². The number of nitrogens with zero attached hydrogens (tertiary/aromatic N) is 2. The zero-order valence-corrected chi connectivity index (χ0v) is 15.5. The third-order valence-electron chi connectivity index (χ3n) is 3.76. The van der Waals surface area contributed by atoms with Crippen LogP contribution in [0.15, 0.2) is 59.6 Å². The number of alkyl halides is 2. The fraction of sp³-hybridized carbons (Fsp3) is 0.167. The second-order valence-electron chi connectivity index (χ2n) is 5.87. The van der Waals surface area contributed by atoms with Crippen LogP contribution in [-0.4, -0.2) is 18.2 Å². The molecular weight excluding hydrogens is 395 g/mol. The summed E-state index contributed by atoms with van der Waals surface area (Å²) in [5.74, 6) is -1.02. The molecule has 1 heterocycles. The van der Waals surface area contributed by atoms with Crippen LogP contribution in [0.5, 0.6) is 5.75 Å². The van der Waals surface area contributed by atoms with E-state index in [1.165, 1.54) is 13.1 Å². The number of nitrogens with one attached hydrogen (secondary N) is 1. The first kappa shape index (κ1) is 19.7. The SMILES string of the molecule is Cn1cc(NS(=O)(=O)c2ccc(OCc3ccccc3)c(F)c2)c(C(F)F)n1. The maximum atomic E-state index is 14.3. The standard InChI is InChI=1S/C18H16F3N3O3S/c1-24-10-15(17(22-24)18(20)21)23-28(25,26)13-7-8-16(14(19)9-13)27-11-12-5-3-2-4-6-12/h2-10,18,23H,11H2,1H3. The molecule has 0 spiro atoms. The van der Waals surface area contributed by atoms with E-state index >= 15 is 0 Å². The molecule has 0 aliphatic heterocycles. The quantitative estimate of drug-likeness (QED) is 0.641. The van der Waals surface area contributed by atoms with Gasteiger partial charge in [-0.1, -0.05) is 30.3 Å². The van der Waals surface area contributed by atoms with Crippen molar-refractivity contribution in [2.75, 3.05) is 4.72 Å². The molecule has 0 aliphatic rings. The van der Waals surface area contributed by atoms with Gasteiger partial charge in [-0.3, -0.25) is 9.40 Å². The summed E-state index contributed by atoms with van der Waals surface area (Å²) < 4.78 is 73.5. The number of hydrogen-bond donors (Lipinski definition) is 1. The van der Waals surface area contributed by atoms with E-state index in [1.54, 1.807) is 12.1 Å². The monoisotopic (exact) mass is 411 g/mol. The van der Waals surface area contributed by atoms with Crippen molar-refractivity contribution < 1.29 is 26.3 Å². The highest BCUT2D eigenvalue weighted by atomic mass is 32.2. The number of ether oxygens (including phenoxy) is 1. The second kappa shape index (κ2) is 7.93. The molecule has 10 heteroatoms. The molecule has 0 fully saturated rings. The zero-order chi connectivity index (χ0) is 20.3. The number of rotatable bonds is 7. The van der Waals surface area contributed by atoms with Crippen molar-refractivity contribution in [3.63, 3.8) is 0 Å². The van der Waals surface area contributed by atoms with Crippen molar-refractivity contribution in [1.82, 2.24) is 9.78 Å². The Morgan fingerprint density at radius 2 is 1.89 bits per heavy atom. The Hall–Kier alpha value is -3.01. The molecule has 28 heavy (non-hydrogen) atoms. The van der Waals surface area contributed by atoms with Crippen LogP contribution in [0.1, 0.15) is 17.7 Å². The van der Waals surface area contributed by atoms with Crippen LogP contribution >= 0.6 is 0 Å². The van der Waals surface area contributed by atoms with Gasteiger partial charge in [0.05, 0.1) is 10.6 Å². The number of sulfonamides is 1. The zero-order valence-electron chi connectivity index (χ0n) is 14.6. The molecule has 1 N–H and O–H groups in total. The van der Waals surface area contributed by atoms with Gasteiger partial charge in [0, 0.05) is 13.2 Å². The Labute approximate surface area is 159 Å². The molecule has 6 nitrogen and oxygen atoms in total. The number of anilines is 1. The van der Waals surface area contributed by atoms with Crippen molar-refractivity contribution in [1.29, 1.82) is 0 Å². The van der Waals surface area contributed by atoms with Gasteiger partial charge < -0.3 is 4.74 Å². The van der Waals surface area contributed by atoms with E-state index in [9.17, 15) is 21.6 Å². The lowest BCUT2D eigenvalue weighted by atomic mass is 10.2. The highest BCUT2D eigenvalue weighted by Crippen LogP contribution is 2.28. The predicted molar refractivity (Wildman–Crippen MR) is 96.1 cm³/mol. The molecule has 1 aromatic heterocycles. The van der Waals surface area contributed by atoms with E-state index < -0.39 is 32.9 Å². The Kier molecular flexibility index (Phi) is 5.59. The molecular formula is C18H16F3N3O3S. The van der Waals surface area contributed by atoms with Crippen LogP contribution < -0.4 is 9.46 Å². The predicted octanol–water partition coefficient (Wildman–Crippen LogP) is 3.88. The van der Waals surface area contributed by atoms with Gasteiger partial charge in [-0.05, 0) is 23.8 Å². The first-order chi connectivity index (χ1) is 13.3. The molecule has 0 atom stereocenters. The van der Waals surface area contributed by atoms with Gasteiger partial charge >= 0.3 is 0 Å². The van der Waals surface area contributed by atoms with Crippen LogP contribution in [0, 0.1) is 5.82 Å². The largest absolute Gasteiger partial charge is 0.486 e. The normalized spacial score (nSPS) is 11.6. The van der Waals surface area contributed by atoms with Crippen molar-refractivity contribution >= 4 is 15.7 Å².